The number of amides is 2. The van der Waals surface area contributed by atoms with Crippen LogP contribution in [0.4, 0.5) is 0 Å². The highest BCUT2D eigenvalue weighted by Crippen LogP contribution is 2.34. The summed E-state index contributed by atoms with van der Waals surface area (Å²) < 4.78 is 12.8. The van der Waals surface area contributed by atoms with E-state index < -0.39 is 5.54 Å². The third-order valence-corrected chi connectivity index (χ3v) is 7.48. The van der Waals surface area contributed by atoms with Crippen molar-refractivity contribution in [1.29, 1.82) is 0 Å². The fourth-order valence-corrected chi connectivity index (χ4v) is 5.38. The van der Waals surface area contributed by atoms with Crippen molar-refractivity contribution in [2.24, 2.45) is 0 Å². The zero-order chi connectivity index (χ0) is 23.7. The van der Waals surface area contributed by atoms with Crippen LogP contribution < -0.4 is 10.1 Å². The molecule has 1 aliphatic carbocycles. The van der Waals surface area contributed by atoms with Gasteiger partial charge in [0, 0.05) is 24.7 Å². The second kappa shape index (κ2) is 9.20. The van der Waals surface area contributed by atoms with Gasteiger partial charge in [0.05, 0.1) is 25.4 Å². The molecule has 1 aromatic carbocycles. The van der Waals surface area contributed by atoms with Gasteiger partial charge in [-0.2, -0.15) is 0 Å². The lowest BCUT2D eigenvalue weighted by Crippen LogP contribution is -2.64. The van der Waals surface area contributed by atoms with E-state index >= 15 is 0 Å². The van der Waals surface area contributed by atoms with Gasteiger partial charge in [-0.25, -0.2) is 0 Å². The van der Waals surface area contributed by atoms with Crippen LogP contribution in [0.3, 0.4) is 0 Å². The molecule has 2 aliphatic rings. The van der Waals surface area contributed by atoms with E-state index in [-0.39, 0.29) is 17.9 Å². The van der Waals surface area contributed by atoms with Crippen LogP contribution in [0, 0.1) is 0 Å². The summed E-state index contributed by atoms with van der Waals surface area (Å²) in [6, 6.07) is 11.4. The summed E-state index contributed by atoms with van der Waals surface area (Å²) in [6.07, 6.45) is 9.59. The summed E-state index contributed by atoms with van der Waals surface area (Å²) in [5, 5.41) is 3.33. The molecule has 180 valence electrons. The second-order valence-corrected chi connectivity index (χ2v) is 9.81. The number of benzene rings is 1. The molecule has 1 atom stereocenters. The van der Waals surface area contributed by atoms with E-state index in [4.69, 9.17) is 9.15 Å². The van der Waals surface area contributed by atoms with Gasteiger partial charge < -0.3 is 23.9 Å². The quantitative estimate of drug-likeness (QED) is 0.585. The molecule has 2 amide bonds. The highest BCUT2D eigenvalue weighted by Gasteiger charge is 2.48. The van der Waals surface area contributed by atoms with Crippen molar-refractivity contribution in [2.45, 2.75) is 76.5 Å². The lowest BCUT2D eigenvalue weighted by atomic mass is 9.91. The Morgan fingerprint density at radius 2 is 1.82 bits per heavy atom. The molecule has 0 saturated heterocycles. The van der Waals surface area contributed by atoms with Crippen molar-refractivity contribution in [1.82, 2.24) is 14.8 Å². The number of carbonyl (C=O) groups excluding carboxylic acids is 2. The third-order valence-electron chi connectivity index (χ3n) is 7.48. The van der Waals surface area contributed by atoms with Gasteiger partial charge in [0.25, 0.3) is 5.91 Å². The van der Waals surface area contributed by atoms with Crippen molar-refractivity contribution in [3.8, 4) is 5.75 Å². The number of fused-ring (bicyclic) bond motifs is 3. The molecule has 34 heavy (non-hydrogen) atoms. The Hall–Kier alpha value is -3.22. The minimum atomic E-state index is -1.03. The zero-order valence-corrected chi connectivity index (χ0v) is 20.0. The van der Waals surface area contributed by atoms with Crippen LogP contribution in [-0.2, 0) is 17.9 Å². The Kier molecular flexibility index (Phi) is 6.11. The van der Waals surface area contributed by atoms with Gasteiger partial charge >= 0.3 is 0 Å². The van der Waals surface area contributed by atoms with Gasteiger partial charge in [-0.3, -0.25) is 9.59 Å². The molecule has 2 aromatic heterocycles. The van der Waals surface area contributed by atoms with E-state index in [1.54, 1.807) is 24.3 Å². The van der Waals surface area contributed by atoms with E-state index in [9.17, 15) is 9.59 Å². The average Bonchev–Trinajstić information content (AvgIpc) is 3.41. The normalized spacial score (nSPS) is 21.7. The largest absolute Gasteiger partial charge is 0.497 e. The predicted octanol–water partition coefficient (Wildman–Crippen LogP) is 4.89. The SMILES string of the molecule is COc1ccc(CN2C(=O)c3cc4occc4n3C[C@@]2(C)C(=O)NC2CCCCCCC2)cc1. The first kappa shape index (κ1) is 22.6. The van der Waals surface area contributed by atoms with Gasteiger partial charge in [0.15, 0.2) is 5.58 Å². The molecule has 3 heterocycles. The maximum atomic E-state index is 13.9. The van der Waals surface area contributed by atoms with Crippen molar-refractivity contribution in [3.05, 3.63) is 53.9 Å². The van der Waals surface area contributed by atoms with Crippen molar-refractivity contribution < 1.29 is 18.7 Å². The highest BCUT2D eigenvalue weighted by molar-refractivity contribution is 6.02. The molecule has 0 unspecified atom stereocenters. The minimum absolute atomic E-state index is 0.0871. The molecular weight excluding hydrogens is 430 g/mol. The van der Waals surface area contributed by atoms with Gasteiger partial charge in [-0.15, -0.1) is 0 Å². The number of ether oxygens (including phenoxy) is 1. The standard InChI is InChI=1S/C27H33N3O4/c1-27(26(32)28-20-8-6-4-3-5-7-9-20)18-29-22-14-15-34-24(22)16-23(29)25(31)30(27)17-19-10-12-21(33-2)13-11-19/h10-16,20H,3-9,17-18H2,1-2H3,(H,28,32)/t27-/m0/s1. The molecule has 5 rings (SSSR count). The molecule has 7 heteroatoms. The maximum absolute atomic E-state index is 13.9. The van der Waals surface area contributed by atoms with E-state index in [1.165, 1.54) is 19.3 Å². The van der Waals surface area contributed by atoms with Crippen LogP contribution in [0.2, 0.25) is 0 Å². The summed E-state index contributed by atoms with van der Waals surface area (Å²) in [4.78, 5) is 29.4. The number of hydrogen-bond acceptors (Lipinski definition) is 4. The van der Waals surface area contributed by atoms with Crippen LogP contribution in [0.15, 0.2) is 47.1 Å². The Labute approximate surface area is 200 Å². The zero-order valence-electron chi connectivity index (χ0n) is 20.0. The van der Waals surface area contributed by atoms with Crippen LogP contribution in [0.5, 0.6) is 5.75 Å². The molecule has 0 bridgehead atoms. The lowest BCUT2D eigenvalue weighted by molar-refractivity contribution is -0.134. The molecule has 7 nitrogen and oxygen atoms in total. The van der Waals surface area contributed by atoms with Crippen molar-refractivity contribution >= 4 is 22.9 Å². The van der Waals surface area contributed by atoms with Crippen molar-refractivity contribution in [2.75, 3.05) is 7.11 Å². The van der Waals surface area contributed by atoms with Gasteiger partial charge in [0.2, 0.25) is 5.91 Å². The number of methoxy groups -OCH3 is 1. The summed E-state index contributed by atoms with van der Waals surface area (Å²) in [5.41, 5.74) is 1.98. The number of nitrogens with zero attached hydrogens (tertiary/aromatic N) is 2. The topological polar surface area (TPSA) is 76.7 Å². The fourth-order valence-electron chi connectivity index (χ4n) is 5.38. The van der Waals surface area contributed by atoms with Crippen LogP contribution in [0.25, 0.3) is 11.1 Å². The first-order valence-corrected chi connectivity index (χ1v) is 12.3. The van der Waals surface area contributed by atoms with E-state index in [1.807, 2.05) is 41.8 Å². The third kappa shape index (κ3) is 4.08. The monoisotopic (exact) mass is 463 g/mol. The summed E-state index contributed by atoms with van der Waals surface area (Å²) >= 11 is 0. The van der Waals surface area contributed by atoms with E-state index in [0.717, 1.165) is 42.5 Å². The number of aromatic nitrogens is 1. The molecular formula is C27H33N3O4. The molecule has 1 fully saturated rings. The van der Waals surface area contributed by atoms with E-state index in [2.05, 4.69) is 5.32 Å². The van der Waals surface area contributed by atoms with Crippen LogP contribution >= 0.6 is 0 Å². The minimum Gasteiger partial charge on any atom is -0.497 e. The Bertz CT molecular complexity index is 1170. The van der Waals surface area contributed by atoms with Crippen LogP contribution in [0.1, 0.15) is 67.9 Å². The second-order valence-electron chi connectivity index (χ2n) is 9.81. The smallest absolute Gasteiger partial charge is 0.271 e. The molecule has 1 N–H and O–H groups in total. The Morgan fingerprint density at radius 1 is 1.12 bits per heavy atom. The number of rotatable bonds is 5. The summed E-state index contributed by atoms with van der Waals surface area (Å²) in [7, 11) is 1.63. The predicted molar refractivity (Wildman–Crippen MR) is 130 cm³/mol. The number of hydrogen-bond donors (Lipinski definition) is 1. The van der Waals surface area contributed by atoms with Gasteiger partial charge in [-0.05, 0) is 37.5 Å². The molecule has 0 spiro atoms. The maximum Gasteiger partial charge on any atom is 0.271 e. The first-order chi connectivity index (χ1) is 16.5. The van der Waals surface area contributed by atoms with Crippen molar-refractivity contribution in [3.63, 3.8) is 0 Å². The van der Waals surface area contributed by atoms with Gasteiger partial charge in [-0.1, -0.05) is 44.2 Å². The summed E-state index contributed by atoms with van der Waals surface area (Å²) in [6.45, 7) is 2.61. The number of nitrogens with one attached hydrogen (secondary N) is 1. The van der Waals surface area contributed by atoms with E-state index in [0.29, 0.717) is 24.4 Å². The average molecular weight is 464 g/mol. The number of carbonyl (C=O) groups is 2. The Morgan fingerprint density at radius 3 is 2.53 bits per heavy atom. The molecule has 0 radical (unpaired) electrons. The highest BCUT2D eigenvalue weighted by atomic mass is 16.5. The number of furan rings is 1. The molecule has 3 aromatic rings. The molecule has 1 saturated carbocycles. The first-order valence-electron chi connectivity index (χ1n) is 12.3. The van der Waals surface area contributed by atoms with Gasteiger partial charge in [0.1, 0.15) is 17.0 Å². The molecule has 1 aliphatic heterocycles. The Balaban J connectivity index is 1.48. The summed E-state index contributed by atoms with van der Waals surface area (Å²) in [5.74, 6) is 0.507. The van der Waals surface area contributed by atoms with Crippen LogP contribution in [-0.4, -0.2) is 40.0 Å². The fraction of sp³-hybridized carbons (Fsp3) is 0.481. The lowest BCUT2D eigenvalue weighted by Gasteiger charge is -2.44.